The van der Waals surface area contributed by atoms with Crippen LogP contribution >= 0.6 is 0 Å². The van der Waals surface area contributed by atoms with Crippen LogP contribution < -0.4 is 10.6 Å². The summed E-state index contributed by atoms with van der Waals surface area (Å²) in [5.41, 5.74) is 0. The highest BCUT2D eigenvalue weighted by Gasteiger charge is 2.44. The fourth-order valence-corrected chi connectivity index (χ4v) is 5.21. The van der Waals surface area contributed by atoms with Crippen molar-refractivity contribution in [1.82, 2.24) is 20.4 Å². The summed E-state index contributed by atoms with van der Waals surface area (Å²) in [5.74, 6) is -0.988. The van der Waals surface area contributed by atoms with E-state index < -0.39 is 11.8 Å². The molecular weight excluding hydrogens is 444 g/mol. The zero-order valence-electron chi connectivity index (χ0n) is 22.3. The molecule has 2 aliphatic heterocycles. The maximum Gasteiger partial charge on any atom is 0.236 e. The zero-order valence-corrected chi connectivity index (χ0v) is 22.3. The fraction of sp³-hybridized carbons (Fsp3) is 0.778. The summed E-state index contributed by atoms with van der Waals surface area (Å²) in [5, 5.41) is 6.48. The van der Waals surface area contributed by atoms with Gasteiger partial charge in [0.2, 0.25) is 23.6 Å². The monoisotopic (exact) mass is 490 g/mol. The summed E-state index contributed by atoms with van der Waals surface area (Å²) < 4.78 is 0. The molecule has 0 aliphatic carbocycles. The van der Waals surface area contributed by atoms with Crippen molar-refractivity contribution in [1.29, 1.82) is 0 Å². The van der Waals surface area contributed by atoms with Gasteiger partial charge in [-0.2, -0.15) is 0 Å². The number of rotatable bonds is 16. The predicted molar refractivity (Wildman–Crippen MR) is 137 cm³/mol. The van der Waals surface area contributed by atoms with Gasteiger partial charge in [-0.15, -0.1) is 0 Å². The van der Waals surface area contributed by atoms with Crippen molar-refractivity contribution < 1.29 is 19.2 Å². The molecule has 8 nitrogen and oxygen atoms in total. The Morgan fingerprint density at radius 3 is 1.91 bits per heavy atom. The van der Waals surface area contributed by atoms with E-state index in [-0.39, 0.29) is 48.3 Å². The lowest BCUT2D eigenvalue weighted by Gasteiger charge is -2.27. The third-order valence-electron chi connectivity index (χ3n) is 6.97. The molecule has 2 aliphatic rings. The Morgan fingerprint density at radius 2 is 1.37 bits per heavy atom. The minimum absolute atomic E-state index is 0.115. The van der Waals surface area contributed by atoms with Crippen LogP contribution in [0.5, 0.6) is 0 Å². The number of hydrogen-bond donors (Lipinski definition) is 2. The molecule has 2 fully saturated rings. The molecule has 198 valence electrons. The van der Waals surface area contributed by atoms with Crippen molar-refractivity contribution in [3.05, 3.63) is 12.2 Å². The van der Waals surface area contributed by atoms with E-state index in [1.54, 1.807) is 0 Å². The molecule has 35 heavy (non-hydrogen) atoms. The number of likely N-dealkylation sites (tertiary alicyclic amines) is 2. The molecule has 2 heterocycles. The molecule has 0 radical (unpaired) electrons. The van der Waals surface area contributed by atoms with Crippen LogP contribution in [0.3, 0.4) is 0 Å². The molecule has 0 aromatic heterocycles. The number of amides is 4. The van der Waals surface area contributed by atoms with E-state index in [1.165, 1.54) is 9.80 Å². The van der Waals surface area contributed by atoms with E-state index in [1.807, 2.05) is 12.2 Å². The van der Waals surface area contributed by atoms with Crippen LogP contribution in [0.1, 0.15) is 66.7 Å². The van der Waals surface area contributed by atoms with Gasteiger partial charge >= 0.3 is 0 Å². The van der Waals surface area contributed by atoms with E-state index in [9.17, 15) is 19.2 Å². The first kappa shape index (κ1) is 29.2. The molecule has 0 bridgehead atoms. The molecule has 2 saturated heterocycles. The van der Waals surface area contributed by atoms with Crippen LogP contribution in [-0.2, 0) is 19.2 Å². The number of nitrogens with one attached hydrogen (secondary N) is 2. The standard InChI is InChI=1S/C27H46N4O4/c1-6-10-28-12-14-30-24(32)17-21(26(30)34)8-9-22(20(5)16-19(3)4)23-18-25(33)31(27(23)35)15-13-29-11-7-2/h8-9,19-23,28-29H,6-7,10-18H2,1-5H3. The number of hydrogen-bond acceptors (Lipinski definition) is 6. The summed E-state index contributed by atoms with van der Waals surface area (Å²) in [4.78, 5) is 54.0. The highest BCUT2D eigenvalue weighted by molar-refractivity contribution is 6.05. The van der Waals surface area contributed by atoms with Crippen LogP contribution in [0, 0.1) is 29.6 Å². The quantitative estimate of drug-likeness (QED) is 0.196. The van der Waals surface area contributed by atoms with E-state index in [4.69, 9.17) is 0 Å². The zero-order chi connectivity index (χ0) is 26.0. The Balaban J connectivity index is 2.11. The lowest BCUT2D eigenvalue weighted by Crippen LogP contribution is -2.38. The van der Waals surface area contributed by atoms with Crippen molar-refractivity contribution in [3.63, 3.8) is 0 Å². The summed E-state index contributed by atoms with van der Waals surface area (Å²) in [6, 6.07) is 0. The van der Waals surface area contributed by atoms with Crippen LogP contribution in [0.15, 0.2) is 12.2 Å². The molecule has 4 unspecified atom stereocenters. The van der Waals surface area contributed by atoms with Crippen molar-refractivity contribution in [2.75, 3.05) is 39.3 Å². The summed E-state index contributed by atoms with van der Waals surface area (Å²) >= 11 is 0. The van der Waals surface area contributed by atoms with E-state index in [2.05, 4.69) is 45.3 Å². The topological polar surface area (TPSA) is 98.8 Å². The lowest BCUT2D eigenvalue weighted by atomic mass is 9.77. The van der Waals surface area contributed by atoms with Gasteiger partial charge in [-0.3, -0.25) is 29.0 Å². The second-order valence-corrected chi connectivity index (χ2v) is 10.5. The summed E-state index contributed by atoms with van der Waals surface area (Å²) in [6.07, 6.45) is 7.06. The Morgan fingerprint density at radius 1 is 0.829 bits per heavy atom. The van der Waals surface area contributed by atoms with Crippen molar-refractivity contribution in [3.8, 4) is 0 Å². The first-order valence-electron chi connectivity index (χ1n) is 13.5. The first-order chi connectivity index (χ1) is 16.7. The van der Waals surface area contributed by atoms with Crippen LogP contribution in [-0.4, -0.2) is 72.7 Å². The summed E-state index contributed by atoms with van der Waals surface area (Å²) in [7, 11) is 0. The van der Waals surface area contributed by atoms with Gasteiger partial charge in [0, 0.05) is 39.0 Å². The van der Waals surface area contributed by atoms with Gasteiger partial charge in [-0.1, -0.05) is 46.8 Å². The highest BCUT2D eigenvalue weighted by Crippen LogP contribution is 2.36. The molecule has 8 heteroatoms. The number of nitrogens with zero attached hydrogens (tertiary/aromatic N) is 2. The minimum Gasteiger partial charge on any atom is -0.315 e. The Bertz CT molecular complexity index is 766. The second-order valence-electron chi connectivity index (χ2n) is 10.5. The molecule has 2 N–H and O–H groups in total. The van der Waals surface area contributed by atoms with Gasteiger partial charge in [0.25, 0.3) is 0 Å². The molecule has 4 amide bonds. The number of carbonyl (C=O) groups excluding carboxylic acids is 4. The van der Waals surface area contributed by atoms with Crippen LogP contribution in [0.4, 0.5) is 0 Å². The Hall–Kier alpha value is -2.06. The molecule has 0 saturated carbocycles. The van der Waals surface area contributed by atoms with E-state index >= 15 is 0 Å². The van der Waals surface area contributed by atoms with Gasteiger partial charge in [0.05, 0.1) is 11.8 Å². The maximum absolute atomic E-state index is 13.3. The summed E-state index contributed by atoms with van der Waals surface area (Å²) in [6.45, 7) is 14.2. The molecule has 0 spiro atoms. The van der Waals surface area contributed by atoms with Crippen molar-refractivity contribution in [2.45, 2.75) is 66.7 Å². The highest BCUT2D eigenvalue weighted by atomic mass is 16.2. The van der Waals surface area contributed by atoms with Crippen molar-refractivity contribution >= 4 is 23.6 Å². The Labute approximate surface area is 211 Å². The average molecular weight is 491 g/mol. The number of imide groups is 2. The van der Waals surface area contributed by atoms with Crippen molar-refractivity contribution in [2.24, 2.45) is 29.6 Å². The first-order valence-corrected chi connectivity index (χ1v) is 13.5. The molecule has 2 rings (SSSR count). The number of allylic oxidation sites excluding steroid dienone is 1. The lowest BCUT2D eigenvalue weighted by molar-refractivity contribution is -0.140. The third kappa shape index (κ3) is 8.24. The molecule has 0 aromatic carbocycles. The fourth-order valence-electron chi connectivity index (χ4n) is 5.21. The normalized spacial score (nSPS) is 22.9. The largest absolute Gasteiger partial charge is 0.315 e. The maximum atomic E-state index is 13.3. The van der Waals surface area contributed by atoms with Gasteiger partial charge in [-0.05, 0) is 50.1 Å². The van der Waals surface area contributed by atoms with Crippen LogP contribution in [0.25, 0.3) is 0 Å². The average Bonchev–Trinajstić information content (AvgIpc) is 3.23. The second kappa shape index (κ2) is 14.5. The van der Waals surface area contributed by atoms with Crippen LogP contribution in [0.2, 0.25) is 0 Å². The SMILES string of the molecule is CCCNCCN1C(=O)CC(C=CC(C(C)CC(C)C)C2CC(=O)N(CCNCCC)C2=O)C1=O. The van der Waals surface area contributed by atoms with E-state index in [0.29, 0.717) is 32.1 Å². The van der Waals surface area contributed by atoms with Gasteiger partial charge < -0.3 is 10.6 Å². The minimum atomic E-state index is -0.496. The number of carbonyl (C=O) groups is 4. The van der Waals surface area contributed by atoms with Gasteiger partial charge in [-0.25, -0.2) is 0 Å². The Kier molecular flexibility index (Phi) is 12.1. The molecule has 4 atom stereocenters. The van der Waals surface area contributed by atoms with Gasteiger partial charge in [0.1, 0.15) is 0 Å². The van der Waals surface area contributed by atoms with Gasteiger partial charge in [0.15, 0.2) is 0 Å². The smallest absolute Gasteiger partial charge is 0.236 e. The van der Waals surface area contributed by atoms with E-state index in [0.717, 1.165) is 32.4 Å². The molecule has 0 aromatic rings. The third-order valence-corrected chi connectivity index (χ3v) is 6.97. The molecular formula is C27H46N4O4. The predicted octanol–water partition coefficient (Wildman–Crippen LogP) is 2.59.